The largest absolute Gasteiger partial charge is 0.491 e. The van der Waals surface area contributed by atoms with E-state index in [1.807, 2.05) is 36.4 Å². The summed E-state index contributed by atoms with van der Waals surface area (Å²) in [6.07, 6.45) is -0.148. The maximum Gasteiger partial charge on any atom is 0.348 e. The summed E-state index contributed by atoms with van der Waals surface area (Å²) in [5.74, 6) is -0.540. The number of ketones is 1. The number of hydrogen-bond donors (Lipinski definition) is 2. The molecule has 0 unspecified atom stereocenters. The number of fused-ring (bicyclic) bond motifs is 2. The van der Waals surface area contributed by atoms with Crippen molar-refractivity contribution in [2.75, 3.05) is 5.32 Å². The third-order valence-electron chi connectivity index (χ3n) is 5.04. The van der Waals surface area contributed by atoms with Gasteiger partial charge in [0.05, 0.1) is 6.42 Å². The second kappa shape index (κ2) is 8.29. The maximum atomic E-state index is 13.1. The third kappa shape index (κ3) is 3.97. The molecule has 0 fully saturated rings. The number of aromatic hydroxyl groups is 1. The highest BCUT2D eigenvalue weighted by molar-refractivity contribution is 6.30. The first kappa shape index (κ1) is 20.5. The van der Waals surface area contributed by atoms with Gasteiger partial charge in [-0.2, -0.15) is 9.98 Å². The van der Waals surface area contributed by atoms with Crippen LogP contribution < -0.4 is 5.32 Å². The Labute approximate surface area is 192 Å². The molecule has 3 aromatic carbocycles. The number of rotatable bonds is 4. The summed E-state index contributed by atoms with van der Waals surface area (Å²) in [6, 6.07) is 18.8. The molecule has 1 aromatic heterocycles. The molecule has 0 spiro atoms. The van der Waals surface area contributed by atoms with Gasteiger partial charge in [-0.25, -0.2) is 9.36 Å². The molecule has 2 amide bonds. The second-order valence-electron chi connectivity index (χ2n) is 7.19. The van der Waals surface area contributed by atoms with Gasteiger partial charge in [0.2, 0.25) is 5.82 Å². The fourth-order valence-electron chi connectivity index (χ4n) is 3.55. The Kier molecular flexibility index (Phi) is 5.15. The van der Waals surface area contributed by atoms with E-state index in [2.05, 4.69) is 25.5 Å². The molecule has 1 aliphatic heterocycles. The molecule has 2 N–H and O–H groups in total. The van der Waals surface area contributed by atoms with Gasteiger partial charge >= 0.3 is 6.03 Å². The number of nitrogens with zero attached hydrogens (tertiary/aromatic N) is 5. The van der Waals surface area contributed by atoms with Crippen molar-refractivity contribution >= 4 is 51.7 Å². The normalized spacial score (nSPS) is 13.4. The maximum absolute atomic E-state index is 13.1. The molecule has 5 rings (SSSR count). The number of benzene rings is 3. The lowest BCUT2D eigenvalue weighted by Gasteiger charge is -2.07. The number of Topliss-reactive ketones (excluding diaryl/α,β-unsaturated/α-hetero) is 1. The molecular weight excluding hydrogens is 444 g/mol. The summed E-state index contributed by atoms with van der Waals surface area (Å²) in [5, 5.41) is 22.7. The topological polar surface area (TPSA) is 121 Å². The molecule has 10 heteroatoms. The van der Waals surface area contributed by atoms with E-state index in [-0.39, 0.29) is 29.8 Å². The molecule has 4 aromatic rings. The zero-order chi connectivity index (χ0) is 22.9. The molecule has 0 aliphatic carbocycles. The summed E-state index contributed by atoms with van der Waals surface area (Å²) < 4.78 is 1.29. The number of aliphatic imine (C=N–C) groups is 1. The number of amides is 2. The van der Waals surface area contributed by atoms with Crippen molar-refractivity contribution in [3.8, 4) is 5.88 Å². The molecule has 162 valence electrons. The monoisotopic (exact) mass is 458 g/mol. The van der Waals surface area contributed by atoms with E-state index in [4.69, 9.17) is 11.6 Å². The van der Waals surface area contributed by atoms with E-state index in [1.54, 1.807) is 30.3 Å². The molecule has 0 radical (unpaired) electrons. The van der Waals surface area contributed by atoms with Gasteiger partial charge in [0, 0.05) is 16.3 Å². The van der Waals surface area contributed by atoms with Crippen molar-refractivity contribution < 1.29 is 14.7 Å². The summed E-state index contributed by atoms with van der Waals surface area (Å²) in [7, 11) is 0. The van der Waals surface area contributed by atoms with Crippen LogP contribution in [0.1, 0.15) is 16.2 Å². The smallest absolute Gasteiger partial charge is 0.348 e. The van der Waals surface area contributed by atoms with Gasteiger partial charge < -0.3 is 10.4 Å². The second-order valence-corrected chi connectivity index (χ2v) is 7.62. The molecule has 33 heavy (non-hydrogen) atoms. The number of nitrogens with one attached hydrogen (secondary N) is 1. The van der Waals surface area contributed by atoms with E-state index >= 15 is 0 Å². The lowest BCUT2D eigenvalue weighted by Crippen LogP contribution is -2.17. The van der Waals surface area contributed by atoms with Crippen LogP contribution in [0.15, 0.2) is 82.0 Å². The SMILES string of the molecule is O=C(N=C1N=Nc2c(O)nc(CC(=O)c3cccc4ccccc34)n21)Nc1ccc(Cl)cc1. The average molecular weight is 459 g/mol. The number of hydrogen-bond acceptors (Lipinski definition) is 5. The number of anilines is 1. The number of urea groups is 1. The zero-order valence-electron chi connectivity index (χ0n) is 16.9. The Morgan fingerprint density at radius 2 is 1.76 bits per heavy atom. The van der Waals surface area contributed by atoms with Crippen LogP contribution >= 0.6 is 11.6 Å². The number of imidazole rings is 1. The number of aromatic nitrogens is 2. The van der Waals surface area contributed by atoms with Crippen LogP contribution in [0.5, 0.6) is 5.88 Å². The summed E-state index contributed by atoms with van der Waals surface area (Å²) in [4.78, 5) is 33.4. The van der Waals surface area contributed by atoms with Gasteiger partial charge in [0.25, 0.3) is 11.8 Å². The minimum Gasteiger partial charge on any atom is -0.491 e. The van der Waals surface area contributed by atoms with Gasteiger partial charge in [-0.1, -0.05) is 54.1 Å². The van der Waals surface area contributed by atoms with Crippen LogP contribution in [-0.2, 0) is 6.42 Å². The molecule has 0 bridgehead atoms. The highest BCUT2D eigenvalue weighted by atomic mass is 35.5. The standard InChI is InChI=1S/C23H15ClN6O3/c24-14-8-10-15(11-9-14)25-23(33)27-22-29-28-20-21(32)26-19(30(20)22)12-18(31)17-7-3-5-13-4-1-2-6-16(13)17/h1-11,32H,12H2,(H,25,33). The zero-order valence-corrected chi connectivity index (χ0v) is 17.7. The summed E-state index contributed by atoms with van der Waals surface area (Å²) in [5.41, 5.74) is 1.01. The summed E-state index contributed by atoms with van der Waals surface area (Å²) >= 11 is 5.85. The van der Waals surface area contributed by atoms with Crippen LogP contribution in [0, 0.1) is 0 Å². The predicted molar refractivity (Wildman–Crippen MR) is 124 cm³/mol. The van der Waals surface area contributed by atoms with Crippen molar-refractivity contribution in [3.05, 3.63) is 83.1 Å². The van der Waals surface area contributed by atoms with Crippen molar-refractivity contribution in [2.24, 2.45) is 15.2 Å². The number of azo groups is 1. The van der Waals surface area contributed by atoms with Crippen LogP contribution in [0.25, 0.3) is 10.8 Å². The Balaban J connectivity index is 1.43. The molecule has 0 saturated carbocycles. The van der Waals surface area contributed by atoms with Gasteiger partial charge in [-0.05, 0) is 35.0 Å². The van der Waals surface area contributed by atoms with Gasteiger partial charge in [-0.15, -0.1) is 10.2 Å². The molecule has 0 saturated heterocycles. The quantitative estimate of drug-likeness (QED) is 0.400. The molecule has 1 aliphatic rings. The van der Waals surface area contributed by atoms with Crippen LogP contribution in [0.4, 0.5) is 16.3 Å². The number of carbonyl (C=O) groups is 2. The van der Waals surface area contributed by atoms with E-state index in [1.165, 1.54) is 4.57 Å². The minimum atomic E-state index is -0.710. The molecule has 2 heterocycles. The lowest BCUT2D eigenvalue weighted by molar-refractivity contribution is 0.0992. The first-order valence-corrected chi connectivity index (χ1v) is 10.3. The fraction of sp³-hybridized carbons (Fsp3) is 0.0435. The Morgan fingerprint density at radius 3 is 2.58 bits per heavy atom. The van der Waals surface area contributed by atoms with Gasteiger partial charge in [0.15, 0.2) is 5.78 Å². The number of halogens is 1. The lowest BCUT2D eigenvalue weighted by atomic mass is 10.00. The van der Waals surface area contributed by atoms with Crippen molar-refractivity contribution in [3.63, 3.8) is 0 Å². The summed E-state index contributed by atoms with van der Waals surface area (Å²) in [6.45, 7) is 0. The van der Waals surface area contributed by atoms with Crippen molar-refractivity contribution in [2.45, 2.75) is 6.42 Å². The van der Waals surface area contributed by atoms with Crippen molar-refractivity contribution in [1.29, 1.82) is 0 Å². The van der Waals surface area contributed by atoms with Crippen LogP contribution in [0.2, 0.25) is 5.02 Å². The van der Waals surface area contributed by atoms with E-state index in [0.717, 1.165) is 10.8 Å². The van der Waals surface area contributed by atoms with Crippen LogP contribution in [-0.4, -0.2) is 32.4 Å². The van der Waals surface area contributed by atoms with E-state index < -0.39 is 11.9 Å². The van der Waals surface area contributed by atoms with E-state index in [0.29, 0.717) is 16.3 Å². The minimum absolute atomic E-state index is 0.00811. The Morgan fingerprint density at radius 1 is 1.00 bits per heavy atom. The Hall–Kier alpha value is -4.37. The van der Waals surface area contributed by atoms with Gasteiger partial charge in [-0.3, -0.25) is 4.79 Å². The molecule has 9 nitrogen and oxygen atoms in total. The third-order valence-corrected chi connectivity index (χ3v) is 5.30. The average Bonchev–Trinajstić information content (AvgIpc) is 3.36. The van der Waals surface area contributed by atoms with E-state index in [9.17, 15) is 14.7 Å². The fourth-order valence-corrected chi connectivity index (χ4v) is 3.68. The highest BCUT2D eigenvalue weighted by Gasteiger charge is 2.28. The molecular formula is C23H15ClN6O3. The predicted octanol–water partition coefficient (Wildman–Crippen LogP) is 5.35. The van der Waals surface area contributed by atoms with Crippen molar-refractivity contribution in [1.82, 2.24) is 9.55 Å². The first-order chi connectivity index (χ1) is 16.0. The highest BCUT2D eigenvalue weighted by Crippen LogP contribution is 2.33. The van der Waals surface area contributed by atoms with Gasteiger partial charge in [0.1, 0.15) is 5.82 Å². The molecule has 0 atom stereocenters. The Bertz CT molecular complexity index is 1470. The van der Waals surface area contributed by atoms with Crippen LogP contribution in [0.3, 0.4) is 0 Å². The number of carbonyl (C=O) groups excluding carboxylic acids is 2. The first-order valence-electron chi connectivity index (χ1n) is 9.88.